The summed E-state index contributed by atoms with van der Waals surface area (Å²) in [4.78, 5) is 31.3. The van der Waals surface area contributed by atoms with Crippen LogP contribution in [0, 0.1) is 10.1 Å². The zero-order valence-corrected chi connectivity index (χ0v) is 12.4. The zero-order valence-electron chi connectivity index (χ0n) is 10.8. The van der Waals surface area contributed by atoms with Gasteiger partial charge in [-0.25, -0.2) is 9.97 Å². The molecule has 1 aromatic carbocycles. The fourth-order valence-corrected chi connectivity index (χ4v) is 2.80. The molecule has 1 amide bonds. The van der Waals surface area contributed by atoms with Crippen LogP contribution in [0.3, 0.4) is 0 Å². The minimum absolute atomic E-state index is 0.0119. The maximum absolute atomic E-state index is 12.3. The highest BCUT2D eigenvalue weighted by Crippen LogP contribution is 2.26. The largest absolute Gasteiger partial charge is 0.306 e. The molecule has 0 aliphatic heterocycles. The van der Waals surface area contributed by atoms with Gasteiger partial charge in [-0.3, -0.25) is 14.9 Å². The second-order valence-corrected chi connectivity index (χ2v) is 5.54. The third-order valence-electron chi connectivity index (χ3n) is 2.90. The molecule has 0 fully saturated rings. The summed E-state index contributed by atoms with van der Waals surface area (Å²) < 4.78 is 0. The minimum atomic E-state index is -0.588. The molecule has 0 aliphatic carbocycles. The molecule has 3 rings (SSSR count). The Bertz CT molecular complexity index is 896. The van der Waals surface area contributed by atoms with Gasteiger partial charge in [-0.05, 0) is 17.5 Å². The van der Waals surface area contributed by atoms with Crippen molar-refractivity contribution in [1.29, 1.82) is 0 Å². The molecule has 9 heteroatoms. The topological polar surface area (TPSA) is 98.0 Å². The lowest BCUT2D eigenvalue weighted by Gasteiger charge is -2.06. The Morgan fingerprint density at radius 3 is 2.91 bits per heavy atom. The van der Waals surface area contributed by atoms with Crippen molar-refractivity contribution in [2.24, 2.45) is 0 Å². The summed E-state index contributed by atoms with van der Waals surface area (Å²) in [5, 5.41) is 16.1. The van der Waals surface area contributed by atoms with Gasteiger partial charge >= 0.3 is 0 Å². The van der Waals surface area contributed by atoms with Crippen molar-refractivity contribution in [3.05, 3.63) is 56.7 Å². The van der Waals surface area contributed by atoms with Crippen LogP contribution in [0.2, 0.25) is 5.02 Å². The van der Waals surface area contributed by atoms with Gasteiger partial charge in [0.05, 0.1) is 20.9 Å². The molecular weight excluding hydrogens is 328 g/mol. The van der Waals surface area contributed by atoms with E-state index in [0.717, 1.165) is 10.9 Å². The van der Waals surface area contributed by atoms with Crippen LogP contribution in [0.25, 0.3) is 10.2 Å². The molecule has 22 heavy (non-hydrogen) atoms. The number of hydrogen-bond acceptors (Lipinski definition) is 6. The molecule has 0 bridgehead atoms. The van der Waals surface area contributed by atoms with E-state index in [4.69, 9.17) is 11.6 Å². The van der Waals surface area contributed by atoms with Crippen LogP contribution in [-0.2, 0) is 0 Å². The average Bonchev–Trinajstić information content (AvgIpc) is 2.97. The van der Waals surface area contributed by atoms with E-state index in [1.165, 1.54) is 29.8 Å². The number of non-ortho nitro benzene ring substituents is 1. The number of halogens is 1. The van der Waals surface area contributed by atoms with Crippen LogP contribution in [-0.4, -0.2) is 20.8 Å². The first-order chi connectivity index (χ1) is 10.6. The van der Waals surface area contributed by atoms with E-state index in [1.807, 2.05) is 5.38 Å². The summed E-state index contributed by atoms with van der Waals surface area (Å²) in [6.45, 7) is 0. The summed E-state index contributed by atoms with van der Waals surface area (Å²) >= 11 is 7.36. The molecule has 7 nitrogen and oxygen atoms in total. The molecule has 0 unspecified atom stereocenters. The van der Waals surface area contributed by atoms with Crippen LogP contribution < -0.4 is 5.32 Å². The molecule has 2 aromatic heterocycles. The van der Waals surface area contributed by atoms with E-state index in [9.17, 15) is 14.9 Å². The van der Waals surface area contributed by atoms with E-state index in [-0.39, 0.29) is 16.3 Å². The Morgan fingerprint density at radius 2 is 2.14 bits per heavy atom. The van der Waals surface area contributed by atoms with Crippen molar-refractivity contribution in [3.8, 4) is 0 Å². The van der Waals surface area contributed by atoms with Gasteiger partial charge < -0.3 is 5.32 Å². The smallest absolute Gasteiger partial charge is 0.270 e. The van der Waals surface area contributed by atoms with E-state index >= 15 is 0 Å². The minimum Gasteiger partial charge on any atom is -0.306 e. The monoisotopic (exact) mass is 334 g/mol. The third kappa shape index (κ3) is 2.61. The van der Waals surface area contributed by atoms with Crippen molar-refractivity contribution in [2.45, 2.75) is 0 Å². The molecule has 0 atom stereocenters. The lowest BCUT2D eigenvalue weighted by atomic mass is 10.2. The molecule has 3 aromatic rings. The molecule has 2 heterocycles. The highest BCUT2D eigenvalue weighted by molar-refractivity contribution is 7.16. The van der Waals surface area contributed by atoms with Gasteiger partial charge in [0.25, 0.3) is 11.6 Å². The number of thiophene rings is 1. The maximum atomic E-state index is 12.3. The number of benzene rings is 1. The lowest BCUT2D eigenvalue weighted by molar-refractivity contribution is -0.384. The van der Waals surface area contributed by atoms with Crippen molar-refractivity contribution < 1.29 is 9.72 Å². The van der Waals surface area contributed by atoms with Gasteiger partial charge in [0.2, 0.25) is 0 Å². The number of nitrogens with zero attached hydrogens (tertiary/aromatic N) is 3. The molecule has 0 radical (unpaired) electrons. The van der Waals surface area contributed by atoms with Crippen molar-refractivity contribution in [1.82, 2.24) is 9.97 Å². The molecule has 0 saturated heterocycles. The summed E-state index contributed by atoms with van der Waals surface area (Å²) in [6.07, 6.45) is 1.34. The summed E-state index contributed by atoms with van der Waals surface area (Å²) in [5.74, 6) is -0.237. The number of aromatic nitrogens is 2. The summed E-state index contributed by atoms with van der Waals surface area (Å²) in [5.41, 5.74) is -0.198. The number of carbonyl (C=O) groups excluding carboxylic acids is 1. The van der Waals surface area contributed by atoms with Gasteiger partial charge in [0, 0.05) is 12.1 Å². The second kappa shape index (κ2) is 5.66. The highest BCUT2D eigenvalue weighted by Gasteiger charge is 2.17. The van der Waals surface area contributed by atoms with Crippen molar-refractivity contribution >= 4 is 50.6 Å². The van der Waals surface area contributed by atoms with Gasteiger partial charge in [0.15, 0.2) is 0 Å². The Balaban J connectivity index is 1.96. The van der Waals surface area contributed by atoms with Gasteiger partial charge in [-0.15, -0.1) is 11.3 Å². The van der Waals surface area contributed by atoms with Crippen LogP contribution in [0.15, 0.2) is 36.0 Å². The number of nitro groups is 1. The fourth-order valence-electron chi connectivity index (χ4n) is 1.87. The molecule has 1 N–H and O–H groups in total. The SMILES string of the molecule is O=C(Nc1ncnc2sccc12)c1cc([N+](=O)[O-])ccc1Cl. The number of nitro benzene ring substituents is 1. The Hall–Kier alpha value is -2.58. The number of nitrogens with one attached hydrogen (secondary N) is 1. The maximum Gasteiger partial charge on any atom is 0.270 e. The average molecular weight is 335 g/mol. The zero-order chi connectivity index (χ0) is 15.7. The number of anilines is 1. The van der Waals surface area contributed by atoms with Crippen LogP contribution in [0.4, 0.5) is 11.5 Å². The first-order valence-corrected chi connectivity index (χ1v) is 7.25. The number of amides is 1. The van der Waals surface area contributed by atoms with Crippen LogP contribution in [0.1, 0.15) is 10.4 Å². The standard InChI is InChI=1S/C13H7ClN4O3S/c14-10-2-1-7(18(20)21)5-9(10)12(19)17-11-8-3-4-22-13(8)16-6-15-11/h1-6H,(H,15,16,17,19). The van der Waals surface area contributed by atoms with E-state index < -0.39 is 10.8 Å². The quantitative estimate of drug-likeness (QED) is 0.583. The number of carbonyl (C=O) groups is 1. The van der Waals surface area contributed by atoms with Crippen LogP contribution >= 0.6 is 22.9 Å². The van der Waals surface area contributed by atoms with Crippen molar-refractivity contribution in [2.75, 3.05) is 5.32 Å². The molecular formula is C13H7ClN4O3S. The van der Waals surface area contributed by atoms with E-state index in [1.54, 1.807) is 6.07 Å². The van der Waals surface area contributed by atoms with Crippen molar-refractivity contribution in [3.63, 3.8) is 0 Å². The first kappa shape index (κ1) is 14.4. The lowest BCUT2D eigenvalue weighted by Crippen LogP contribution is -2.14. The number of rotatable bonds is 3. The summed E-state index contributed by atoms with van der Waals surface area (Å²) in [6, 6.07) is 5.46. The molecule has 0 aliphatic rings. The van der Waals surface area contributed by atoms with Gasteiger partial charge in [0.1, 0.15) is 17.0 Å². The Labute approximate surface area is 132 Å². The fraction of sp³-hybridized carbons (Fsp3) is 0. The summed E-state index contributed by atoms with van der Waals surface area (Å²) in [7, 11) is 0. The van der Waals surface area contributed by atoms with Gasteiger partial charge in [-0.1, -0.05) is 11.6 Å². The molecule has 110 valence electrons. The van der Waals surface area contributed by atoms with Gasteiger partial charge in [-0.2, -0.15) is 0 Å². The predicted octanol–water partition coefficient (Wildman–Crippen LogP) is 3.51. The molecule has 0 saturated carbocycles. The Kier molecular flexibility index (Phi) is 3.70. The second-order valence-electron chi connectivity index (χ2n) is 4.24. The molecule has 0 spiro atoms. The van der Waals surface area contributed by atoms with E-state index in [0.29, 0.717) is 11.2 Å². The third-order valence-corrected chi connectivity index (χ3v) is 4.05. The van der Waals surface area contributed by atoms with E-state index in [2.05, 4.69) is 15.3 Å². The first-order valence-electron chi connectivity index (χ1n) is 6.00. The number of hydrogen-bond donors (Lipinski definition) is 1. The van der Waals surface area contributed by atoms with Crippen LogP contribution in [0.5, 0.6) is 0 Å². The number of fused-ring (bicyclic) bond motifs is 1. The normalized spacial score (nSPS) is 10.6. The predicted molar refractivity (Wildman–Crippen MR) is 83.5 cm³/mol. The Morgan fingerprint density at radius 1 is 1.32 bits per heavy atom. The highest BCUT2D eigenvalue weighted by atomic mass is 35.5.